The van der Waals surface area contributed by atoms with Crippen LogP contribution < -0.4 is 5.73 Å². The predicted octanol–water partition coefficient (Wildman–Crippen LogP) is 0.660. The van der Waals surface area contributed by atoms with Gasteiger partial charge in [-0.1, -0.05) is 0 Å². The molecule has 1 saturated carbocycles. The Kier molecular flexibility index (Phi) is 1.26. The SMILES string of the molecule is NC(=O)C1(c2nccs2)CC1. The van der Waals surface area contributed by atoms with E-state index in [4.69, 9.17) is 5.73 Å². The van der Waals surface area contributed by atoms with Crippen molar-refractivity contribution in [1.29, 1.82) is 0 Å². The minimum atomic E-state index is -0.381. The first-order valence-electron chi connectivity index (χ1n) is 3.45. The second-order valence-corrected chi connectivity index (χ2v) is 3.68. The maximum absolute atomic E-state index is 11.0. The average Bonchev–Trinajstić information content (AvgIpc) is 2.61. The van der Waals surface area contributed by atoms with Crippen molar-refractivity contribution in [3.8, 4) is 0 Å². The van der Waals surface area contributed by atoms with Gasteiger partial charge in [-0.2, -0.15) is 0 Å². The van der Waals surface area contributed by atoms with E-state index in [1.807, 2.05) is 5.38 Å². The summed E-state index contributed by atoms with van der Waals surface area (Å²) < 4.78 is 0. The van der Waals surface area contributed by atoms with E-state index in [-0.39, 0.29) is 11.3 Å². The Morgan fingerprint density at radius 3 is 2.82 bits per heavy atom. The molecule has 0 bridgehead atoms. The van der Waals surface area contributed by atoms with Gasteiger partial charge < -0.3 is 5.73 Å². The molecular weight excluding hydrogens is 160 g/mol. The molecule has 0 saturated heterocycles. The van der Waals surface area contributed by atoms with Gasteiger partial charge in [0.15, 0.2) is 0 Å². The van der Waals surface area contributed by atoms with E-state index in [2.05, 4.69) is 4.98 Å². The molecule has 3 nitrogen and oxygen atoms in total. The van der Waals surface area contributed by atoms with Crippen molar-refractivity contribution in [3.63, 3.8) is 0 Å². The highest BCUT2D eigenvalue weighted by atomic mass is 32.1. The number of aromatic nitrogens is 1. The van der Waals surface area contributed by atoms with Crippen LogP contribution in [0.1, 0.15) is 17.8 Å². The number of carbonyl (C=O) groups excluding carboxylic acids is 1. The van der Waals surface area contributed by atoms with Crippen LogP contribution in [0.3, 0.4) is 0 Å². The van der Waals surface area contributed by atoms with E-state index >= 15 is 0 Å². The number of hydrogen-bond donors (Lipinski definition) is 1. The predicted molar refractivity (Wildman–Crippen MR) is 42.2 cm³/mol. The van der Waals surface area contributed by atoms with Crippen LogP contribution in [0.25, 0.3) is 0 Å². The highest BCUT2D eigenvalue weighted by Gasteiger charge is 2.52. The van der Waals surface area contributed by atoms with Crippen LogP contribution in [0.2, 0.25) is 0 Å². The molecule has 0 radical (unpaired) electrons. The maximum atomic E-state index is 11.0. The lowest BCUT2D eigenvalue weighted by molar-refractivity contribution is -0.120. The summed E-state index contributed by atoms with van der Waals surface area (Å²) in [5.41, 5.74) is 4.87. The van der Waals surface area contributed by atoms with Crippen LogP contribution in [0, 0.1) is 0 Å². The fourth-order valence-corrected chi connectivity index (χ4v) is 2.05. The summed E-state index contributed by atoms with van der Waals surface area (Å²) >= 11 is 1.51. The number of nitrogens with two attached hydrogens (primary N) is 1. The number of thiazole rings is 1. The molecule has 0 aromatic carbocycles. The van der Waals surface area contributed by atoms with Gasteiger partial charge in [0.1, 0.15) is 10.4 Å². The van der Waals surface area contributed by atoms with Crippen molar-refractivity contribution in [2.75, 3.05) is 0 Å². The Balaban J connectivity index is 2.36. The Labute approximate surface area is 68.2 Å². The summed E-state index contributed by atoms with van der Waals surface area (Å²) in [5, 5.41) is 2.75. The average molecular weight is 168 g/mol. The van der Waals surface area contributed by atoms with Crippen LogP contribution in [0.15, 0.2) is 11.6 Å². The molecule has 0 unspecified atom stereocenters. The van der Waals surface area contributed by atoms with Gasteiger partial charge in [0.25, 0.3) is 0 Å². The zero-order valence-corrected chi connectivity index (χ0v) is 6.73. The number of carbonyl (C=O) groups is 1. The topological polar surface area (TPSA) is 56.0 Å². The fourth-order valence-electron chi connectivity index (χ4n) is 1.15. The summed E-state index contributed by atoms with van der Waals surface area (Å²) in [4.78, 5) is 15.1. The van der Waals surface area contributed by atoms with Crippen molar-refractivity contribution in [1.82, 2.24) is 4.98 Å². The summed E-state index contributed by atoms with van der Waals surface area (Å²) in [6.07, 6.45) is 3.45. The normalized spacial score (nSPS) is 19.6. The third kappa shape index (κ3) is 0.860. The number of primary amides is 1. The van der Waals surface area contributed by atoms with E-state index in [1.54, 1.807) is 6.20 Å². The molecule has 2 N–H and O–H groups in total. The Morgan fingerprint density at radius 2 is 2.45 bits per heavy atom. The van der Waals surface area contributed by atoms with Gasteiger partial charge in [-0.15, -0.1) is 11.3 Å². The largest absolute Gasteiger partial charge is 0.369 e. The molecular formula is C7H8N2OS. The minimum absolute atomic E-state index is 0.229. The van der Waals surface area contributed by atoms with Crippen LogP contribution in [0.5, 0.6) is 0 Å². The van der Waals surface area contributed by atoms with Crippen LogP contribution >= 0.6 is 11.3 Å². The van der Waals surface area contributed by atoms with Crippen molar-refractivity contribution in [2.24, 2.45) is 5.73 Å². The van der Waals surface area contributed by atoms with Gasteiger partial charge in [0, 0.05) is 11.6 Å². The number of rotatable bonds is 2. The highest BCUT2D eigenvalue weighted by Crippen LogP contribution is 2.48. The summed E-state index contributed by atoms with van der Waals surface area (Å²) in [7, 11) is 0. The molecule has 1 aliphatic rings. The Morgan fingerprint density at radius 1 is 1.73 bits per heavy atom. The lowest BCUT2D eigenvalue weighted by Gasteiger charge is -2.04. The monoisotopic (exact) mass is 168 g/mol. The molecule has 1 aromatic rings. The fraction of sp³-hybridized carbons (Fsp3) is 0.429. The molecule has 4 heteroatoms. The van der Waals surface area contributed by atoms with E-state index < -0.39 is 0 Å². The van der Waals surface area contributed by atoms with Crippen molar-refractivity contribution < 1.29 is 4.79 Å². The molecule has 1 aliphatic carbocycles. The zero-order chi connectivity index (χ0) is 7.90. The molecule has 1 aromatic heterocycles. The third-order valence-electron chi connectivity index (χ3n) is 2.06. The zero-order valence-electron chi connectivity index (χ0n) is 5.91. The lowest BCUT2D eigenvalue weighted by Crippen LogP contribution is -2.28. The first kappa shape index (κ1) is 6.79. The second-order valence-electron chi connectivity index (χ2n) is 2.78. The standard InChI is InChI=1S/C7H8N2OS/c8-5(10)7(1-2-7)6-9-3-4-11-6/h3-4H,1-2H2,(H2,8,10). The van der Waals surface area contributed by atoms with Gasteiger partial charge in [-0.25, -0.2) is 4.98 Å². The quantitative estimate of drug-likeness (QED) is 0.705. The molecule has 1 heterocycles. The van der Waals surface area contributed by atoms with E-state index in [0.717, 1.165) is 17.8 Å². The van der Waals surface area contributed by atoms with Crippen LogP contribution in [-0.4, -0.2) is 10.9 Å². The van der Waals surface area contributed by atoms with Gasteiger partial charge in [0.05, 0.1) is 0 Å². The number of nitrogens with zero attached hydrogens (tertiary/aromatic N) is 1. The Bertz CT molecular complexity index is 277. The van der Waals surface area contributed by atoms with Crippen molar-refractivity contribution >= 4 is 17.2 Å². The van der Waals surface area contributed by atoms with E-state index in [1.165, 1.54) is 11.3 Å². The lowest BCUT2D eigenvalue weighted by atomic mass is 10.1. The van der Waals surface area contributed by atoms with Gasteiger partial charge in [-0.05, 0) is 12.8 Å². The molecule has 11 heavy (non-hydrogen) atoms. The first-order valence-corrected chi connectivity index (χ1v) is 4.33. The summed E-state index contributed by atoms with van der Waals surface area (Å²) in [6.45, 7) is 0. The van der Waals surface area contributed by atoms with Crippen LogP contribution in [-0.2, 0) is 10.2 Å². The summed E-state index contributed by atoms with van der Waals surface area (Å²) in [6, 6.07) is 0. The summed E-state index contributed by atoms with van der Waals surface area (Å²) in [5.74, 6) is -0.229. The van der Waals surface area contributed by atoms with Gasteiger partial charge in [-0.3, -0.25) is 4.79 Å². The second kappa shape index (κ2) is 2.04. The molecule has 58 valence electrons. The smallest absolute Gasteiger partial charge is 0.230 e. The first-order chi connectivity index (χ1) is 5.26. The van der Waals surface area contributed by atoms with Gasteiger partial charge in [0.2, 0.25) is 5.91 Å². The maximum Gasteiger partial charge on any atom is 0.230 e. The molecule has 1 amide bonds. The van der Waals surface area contributed by atoms with Gasteiger partial charge >= 0.3 is 0 Å². The van der Waals surface area contributed by atoms with Crippen molar-refractivity contribution in [2.45, 2.75) is 18.3 Å². The van der Waals surface area contributed by atoms with E-state index in [0.29, 0.717) is 0 Å². The third-order valence-corrected chi connectivity index (χ3v) is 3.04. The number of hydrogen-bond acceptors (Lipinski definition) is 3. The molecule has 2 rings (SSSR count). The van der Waals surface area contributed by atoms with Crippen LogP contribution in [0.4, 0.5) is 0 Å². The molecule has 0 spiro atoms. The number of amides is 1. The molecule has 0 atom stereocenters. The highest BCUT2D eigenvalue weighted by molar-refractivity contribution is 7.09. The van der Waals surface area contributed by atoms with E-state index in [9.17, 15) is 4.79 Å². The molecule has 1 fully saturated rings. The van der Waals surface area contributed by atoms with Crippen molar-refractivity contribution in [3.05, 3.63) is 16.6 Å². The minimum Gasteiger partial charge on any atom is -0.369 e. The Hall–Kier alpha value is -0.900. The molecule has 0 aliphatic heterocycles.